The van der Waals surface area contributed by atoms with Crippen LogP contribution in [0.5, 0.6) is 0 Å². The van der Waals surface area contributed by atoms with Crippen molar-refractivity contribution < 1.29 is 37.0 Å². The molecular formula is C16H22O8S. The van der Waals surface area contributed by atoms with E-state index in [0.717, 1.165) is 5.56 Å². The molecule has 8 nitrogen and oxygen atoms in total. The van der Waals surface area contributed by atoms with E-state index in [-0.39, 0.29) is 4.90 Å². The fraction of sp³-hybridized carbons (Fsp3) is 0.625. The van der Waals surface area contributed by atoms with Gasteiger partial charge in [0.1, 0.15) is 24.9 Å². The summed E-state index contributed by atoms with van der Waals surface area (Å²) in [6, 6.07) is 6.20. The van der Waals surface area contributed by atoms with Gasteiger partial charge in [-0.2, -0.15) is 8.42 Å². The molecule has 140 valence electrons. The Labute approximate surface area is 146 Å². The van der Waals surface area contributed by atoms with Crippen LogP contribution in [0.4, 0.5) is 0 Å². The number of benzene rings is 1. The molecule has 2 fully saturated rings. The summed E-state index contributed by atoms with van der Waals surface area (Å²) < 4.78 is 46.2. The Morgan fingerprint density at radius 1 is 1.20 bits per heavy atom. The molecule has 0 amide bonds. The average molecular weight is 374 g/mol. The highest BCUT2D eigenvalue weighted by Gasteiger charge is 2.64. The van der Waals surface area contributed by atoms with Gasteiger partial charge in [0.05, 0.1) is 11.5 Å². The standard InChI is InChI=1S/C16H22O8S/c1-10-4-6-11(7-5-10)25(19,20)21-8-12-13(18)14-16(9-17,22-12)24-15(2,3)23-14/h4-7,12-14,17-18H,8-9H2,1-3H3/t12-,13+,14-,16-/m1/s1. The van der Waals surface area contributed by atoms with Crippen molar-refractivity contribution in [3.63, 3.8) is 0 Å². The molecule has 0 spiro atoms. The minimum atomic E-state index is -4.00. The van der Waals surface area contributed by atoms with Crippen LogP contribution < -0.4 is 0 Å². The molecular weight excluding hydrogens is 352 g/mol. The van der Waals surface area contributed by atoms with Crippen molar-refractivity contribution in [3.8, 4) is 0 Å². The Balaban J connectivity index is 1.70. The molecule has 2 N–H and O–H groups in total. The maximum Gasteiger partial charge on any atom is 0.297 e. The van der Waals surface area contributed by atoms with Crippen molar-refractivity contribution in [3.05, 3.63) is 29.8 Å². The van der Waals surface area contributed by atoms with Crippen LogP contribution in [0.25, 0.3) is 0 Å². The Morgan fingerprint density at radius 3 is 2.40 bits per heavy atom. The molecule has 9 heteroatoms. The van der Waals surface area contributed by atoms with Gasteiger partial charge in [-0.1, -0.05) is 17.7 Å². The highest BCUT2D eigenvalue weighted by Crippen LogP contribution is 2.45. The Kier molecular flexibility index (Phi) is 4.70. The molecule has 0 aliphatic carbocycles. The Hall–Kier alpha value is -1.07. The molecule has 2 saturated heterocycles. The fourth-order valence-electron chi connectivity index (χ4n) is 3.06. The smallest absolute Gasteiger partial charge is 0.297 e. The van der Waals surface area contributed by atoms with Crippen molar-refractivity contribution in [2.24, 2.45) is 0 Å². The number of aliphatic hydroxyl groups excluding tert-OH is 2. The first-order valence-electron chi connectivity index (χ1n) is 7.89. The van der Waals surface area contributed by atoms with Crippen molar-refractivity contribution in [1.82, 2.24) is 0 Å². The molecule has 2 aliphatic heterocycles. The molecule has 0 saturated carbocycles. The predicted molar refractivity (Wildman–Crippen MR) is 85.1 cm³/mol. The van der Waals surface area contributed by atoms with Crippen LogP contribution in [0.2, 0.25) is 0 Å². The minimum Gasteiger partial charge on any atom is -0.391 e. The van der Waals surface area contributed by atoms with E-state index in [0.29, 0.717) is 0 Å². The second-order valence-corrected chi connectivity index (χ2v) is 8.32. The number of hydrogen-bond donors (Lipinski definition) is 2. The van der Waals surface area contributed by atoms with Crippen molar-refractivity contribution in [1.29, 1.82) is 0 Å². The monoisotopic (exact) mass is 374 g/mol. The quantitative estimate of drug-likeness (QED) is 0.708. The van der Waals surface area contributed by atoms with Gasteiger partial charge in [-0.3, -0.25) is 4.18 Å². The van der Waals surface area contributed by atoms with E-state index < -0.39 is 53.2 Å². The van der Waals surface area contributed by atoms with Crippen LogP contribution in [0, 0.1) is 6.92 Å². The fourth-order valence-corrected chi connectivity index (χ4v) is 3.98. The van der Waals surface area contributed by atoms with E-state index in [1.165, 1.54) is 12.1 Å². The molecule has 0 bridgehead atoms. The molecule has 0 unspecified atom stereocenters. The maximum atomic E-state index is 12.2. The van der Waals surface area contributed by atoms with E-state index in [9.17, 15) is 18.6 Å². The van der Waals surface area contributed by atoms with Gasteiger partial charge < -0.3 is 24.4 Å². The van der Waals surface area contributed by atoms with Crippen LogP contribution in [0.15, 0.2) is 29.2 Å². The normalized spacial score (nSPS) is 34.2. The van der Waals surface area contributed by atoms with Crippen LogP contribution in [-0.4, -0.2) is 61.7 Å². The highest BCUT2D eigenvalue weighted by molar-refractivity contribution is 7.86. The third-order valence-corrected chi connectivity index (χ3v) is 5.52. The van der Waals surface area contributed by atoms with Gasteiger partial charge in [-0.15, -0.1) is 0 Å². The van der Waals surface area contributed by atoms with E-state index in [4.69, 9.17) is 18.4 Å². The highest BCUT2D eigenvalue weighted by atomic mass is 32.2. The molecule has 0 aromatic heterocycles. The summed E-state index contributed by atoms with van der Waals surface area (Å²) in [5, 5.41) is 20.0. The Morgan fingerprint density at radius 2 is 1.84 bits per heavy atom. The van der Waals surface area contributed by atoms with Crippen molar-refractivity contribution >= 4 is 10.1 Å². The van der Waals surface area contributed by atoms with Gasteiger partial charge in [-0.05, 0) is 32.9 Å². The number of fused-ring (bicyclic) bond motifs is 1. The van der Waals surface area contributed by atoms with E-state index in [2.05, 4.69) is 0 Å². The van der Waals surface area contributed by atoms with Gasteiger partial charge >= 0.3 is 0 Å². The van der Waals surface area contributed by atoms with Crippen LogP contribution in [0.1, 0.15) is 19.4 Å². The summed E-state index contributed by atoms with van der Waals surface area (Å²) >= 11 is 0. The van der Waals surface area contributed by atoms with Crippen LogP contribution >= 0.6 is 0 Å². The SMILES string of the molecule is Cc1ccc(S(=O)(=O)OC[C@H]2O[C@]3(CO)OC(C)(C)O[C@@H]3[C@H]2O)cc1. The van der Waals surface area contributed by atoms with Crippen LogP contribution in [0.3, 0.4) is 0 Å². The van der Waals surface area contributed by atoms with Crippen molar-refractivity contribution in [2.45, 2.75) is 55.6 Å². The molecule has 2 heterocycles. The van der Waals surface area contributed by atoms with Gasteiger partial charge in [0.2, 0.25) is 5.79 Å². The summed E-state index contributed by atoms with van der Waals surface area (Å²) in [6.45, 7) is 4.13. The number of hydrogen-bond acceptors (Lipinski definition) is 8. The first-order chi connectivity index (χ1) is 11.6. The first-order valence-corrected chi connectivity index (χ1v) is 9.30. The summed E-state index contributed by atoms with van der Waals surface area (Å²) in [7, 11) is -4.00. The summed E-state index contributed by atoms with van der Waals surface area (Å²) in [5.41, 5.74) is 0.920. The Bertz CT molecular complexity index is 729. The molecule has 0 radical (unpaired) electrons. The number of rotatable bonds is 5. The molecule has 4 atom stereocenters. The van der Waals surface area contributed by atoms with E-state index in [1.54, 1.807) is 26.0 Å². The molecule has 2 aliphatic rings. The lowest BCUT2D eigenvalue weighted by molar-refractivity contribution is -0.275. The number of aliphatic hydroxyl groups is 2. The molecule has 1 aromatic rings. The second kappa shape index (κ2) is 6.27. The topological polar surface area (TPSA) is 112 Å². The summed E-state index contributed by atoms with van der Waals surface area (Å²) in [5.74, 6) is -2.57. The van der Waals surface area contributed by atoms with E-state index >= 15 is 0 Å². The zero-order valence-corrected chi connectivity index (χ0v) is 15.0. The second-order valence-electron chi connectivity index (χ2n) is 6.71. The van der Waals surface area contributed by atoms with Gasteiger partial charge in [0.15, 0.2) is 5.79 Å². The molecule has 3 rings (SSSR count). The van der Waals surface area contributed by atoms with Crippen LogP contribution in [-0.2, 0) is 28.5 Å². The third kappa shape index (κ3) is 3.45. The average Bonchev–Trinajstić information content (AvgIpc) is 2.95. The largest absolute Gasteiger partial charge is 0.391 e. The first kappa shape index (κ1) is 18.7. The van der Waals surface area contributed by atoms with E-state index in [1.807, 2.05) is 6.92 Å². The predicted octanol–water partition coefficient (Wildman–Crippen LogP) is 0.300. The van der Waals surface area contributed by atoms with Gasteiger partial charge in [-0.25, -0.2) is 0 Å². The summed E-state index contributed by atoms with van der Waals surface area (Å²) in [4.78, 5) is 0.0104. The lowest BCUT2D eigenvalue weighted by Gasteiger charge is -2.26. The minimum absolute atomic E-state index is 0.0104. The molecule has 1 aromatic carbocycles. The zero-order chi connectivity index (χ0) is 18.5. The maximum absolute atomic E-state index is 12.2. The summed E-state index contributed by atoms with van der Waals surface area (Å²) in [6.07, 6.45) is -3.17. The third-order valence-electron chi connectivity index (χ3n) is 4.22. The number of ether oxygens (including phenoxy) is 3. The van der Waals surface area contributed by atoms with Gasteiger partial charge in [0.25, 0.3) is 10.1 Å². The molecule has 25 heavy (non-hydrogen) atoms. The van der Waals surface area contributed by atoms with Gasteiger partial charge in [0, 0.05) is 0 Å². The van der Waals surface area contributed by atoms with Crippen molar-refractivity contribution in [2.75, 3.05) is 13.2 Å². The lowest BCUT2D eigenvalue weighted by Crippen LogP contribution is -2.43. The zero-order valence-electron chi connectivity index (χ0n) is 14.2. The number of aryl methyl sites for hydroxylation is 1. The lowest BCUT2D eigenvalue weighted by atomic mass is 10.1.